The second-order valence-corrected chi connectivity index (χ2v) is 5.51. The van der Waals surface area contributed by atoms with Gasteiger partial charge >= 0.3 is 0 Å². The summed E-state index contributed by atoms with van der Waals surface area (Å²) in [5, 5.41) is 15.9. The summed E-state index contributed by atoms with van der Waals surface area (Å²) in [7, 11) is 3.34. The number of nitro benzene ring substituents is 1. The summed E-state index contributed by atoms with van der Waals surface area (Å²) in [5.74, 6) is -0.368. The molecule has 0 bridgehead atoms. The Morgan fingerprint density at radius 3 is 2.76 bits per heavy atom. The van der Waals surface area contributed by atoms with Crippen molar-refractivity contribution in [3.05, 3.63) is 56.3 Å². The zero-order chi connectivity index (χ0) is 15.4. The van der Waals surface area contributed by atoms with Crippen molar-refractivity contribution in [2.75, 3.05) is 19.4 Å². The molecule has 110 valence electrons. The van der Waals surface area contributed by atoms with Crippen molar-refractivity contribution in [3.8, 4) is 0 Å². The Morgan fingerprint density at radius 2 is 2.19 bits per heavy atom. The van der Waals surface area contributed by atoms with Crippen molar-refractivity contribution in [3.63, 3.8) is 0 Å². The topological polar surface area (TPSA) is 75.5 Å². The number of carbonyl (C=O) groups excluding carboxylic acids is 1. The molecule has 1 N–H and O–H groups in total. The fraction of sp³-hybridized carbons (Fsp3) is 0.214. The number of nitro groups is 1. The van der Waals surface area contributed by atoms with Crippen LogP contribution in [0.25, 0.3) is 0 Å². The van der Waals surface area contributed by atoms with Crippen molar-refractivity contribution in [2.24, 2.45) is 0 Å². The Hall–Kier alpha value is -2.41. The van der Waals surface area contributed by atoms with E-state index in [2.05, 4.69) is 5.32 Å². The van der Waals surface area contributed by atoms with E-state index < -0.39 is 4.92 Å². The molecule has 1 amide bonds. The molecule has 0 atom stereocenters. The molecule has 0 aliphatic rings. The van der Waals surface area contributed by atoms with E-state index in [1.807, 2.05) is 17.5 Å². The smallest absolute Gasteiger partial charge is 0.282 e. The van der Waals surface area contributed by atoms with E-state index >= 15 is 0 Å². The summed E-state index contributed by atoms with van der Waals surface area (Å²) >= 11 is 1.54. The SMILES string of the molecule is CNc1ccc([N+](=O)[O-])c(C(=O)N(C)Cc2cccs2)c1. The molecule has 0 saturated heterocycles. The molecule has 0 fully saturated rings. The average Bonchev–Trinajstić information content (AvgIpc) is 2.98. The maximum absolute atomic E-state index is 12.5. The van der Waals surface area contributed by atoms with Crippen LogP contribution in [0.15, 0.2) is 35.7 Å². The molecule has 0 spiro atoms. The summed E-state index contributed by atoms with van der Waals surface area (Å²) in [4.78, 5) is 25.5. The minimum Gasteiger partial charge on any atom is -0.388 e. The van der Waals surface area contributed by atoms with Gasteiger partial charge in [0.25, 0.3) is 11.6 Å². The minimum absolute atomic E-state index is 0.0888. The normalized spacial score (nSPS) is 10.2. The number of thiophene rings is 1. The van der Waals surface area contributed by atoms with E-state index in [0.717, 1.165) is 4.88 Å². The second kappa shape index (κ2) is 6.36. The number of amides is 1. The maximum Gasteiger partial charge on any atom is 0.282 e. The van der Waals surface area contributed by atoms with E-state index in [4.69, 9.17) is 0 Å². The van der Waals surface area contributed by atoms with Crippen LogP contribution in [0.1, 0.15) is 15.2 Å². The molecule has 1 heterocycles. The molecule has 0 radical (unpaired) electrons. The first-order chi connectivity index (χ1) is 10.0. The van der Waals surface area contributed by atoms with Crippen molar-refractivity contribution >= 4 is 28.6 Å². The highest BCUT2D eigenvalue weighted by Gasteiger charge is 2.23. The molecule has 2 rings (SSSR count). The Balaban J connectivity index is 2.30. The predicted molar refractivity (Wildman–Crippen MR) is 82.8 cm³/mol. The molecule has 0 saturated carbocycles. The molecular formula is C14H15N3O3S. The van der Waals surface area contributed by atoms with Gasteiger partial charge in [0.05, 0.1) is 11.5 Å². The van der Waals surface area contributed by atoms with Crippen LogP contribution < -0.4 is 5.32 Å². The van der Waals surface area contributed by atoms with Crippen molar-refractivity contribution < 1.29 is 9.72 Å². The van der Waals surface area contributed by atoms with E-state index in [-0.39, 0.29) is 17.2 Å². The second-order valence-electron chi connectivity index (χ2n) is 4.48. The third-order valence-electron chi connectivity index (χ3n) is 3.03. The van der Waals surface area contributed by atoms with Crippen molar-refractivity contribution in [1.82, 2.24) is 4.90 Å². The van der Waals surface area contributed by atoms with Crippen LogP contribution in [0.5, 0.6) is 0 Å². The molecule has 2 aromatic rings. The monoisotopic (exact) mass is 305 g/mol. The van der Waals surface area contributed by atoms with Crippen LogP contribution in [0, 0.1) is 10.1 Å². The number of anilines is 1. The van der Waals surface area contributed by atoms with Crippen LogP contribution in [0.3, 0.4) is 0 Å². The third kappa shape index (κ3) is 3.38. The van der Waals surface area contributed by atoms with Crippen LogP contribution in [0.2, 0.25) is 0 Å². The van der Waals surface area contributed by atoms with Gasteiger partial charge in [-0.15, -0.1) is 11.3 Å². The largest absolute Gasteiger partial charge is 0.388 e. The predicted octanol–water partition coefficient (Wildman–Crippen LogP) is 2.97. The molecule has 0 aliphatic heterocycles. The maximum atomic E-state index is 12.5. The summed E-state index contributed by atoms with van der Waals surface area (Å²) in [6.45, 7) is 0.428. The first-order valence-corrected chi connectivity index (χ1v) is 7.15. The van der Waals surface area contributed by atoms with Gasteiger partial charge in [0.1, 0.15) is 5.56 Å². The quantitative estimate of drug-likeness (QED) is 0.680. The number of benzene rings is 1. The minimum atomic E-state index is -0.536. The fourth-order valence-corrected chi connectivity index (χ4v) is 2.69. The highest BCUT2D eigenvalue weighted by atomic mass is 32.1. The Morgan fingerprint density at radius 1 is 1.43 bits per heavy atom. The lowest BCUT2D eigenvalue weighted by molar-refractivity contribution is -0.385. The highest BCUT2D eigenvalue weighted by Crippen LogP contribution is 2.24. The number of hydrogen-bond acceptors (Lipinski definition) is 5. The van der Waals surface area contributed by atoms with Crippen LogP contribution >= 0.6 is 11.3 Å². The van der Waals surface area contributed by atoms with Crippen LogP contribution in [-0.2, 0) is 6.54 Å². The summed E-state index contributed by atoms with van der Waals surface area (Å²) in [6, 6.07) is 8.26. The summed E-state index contributed by atoms with van der Waals surface area (Å²) in [6.07, 6.45) is 0. The van der Waals surface area contributed by atoms with Gasteiger partial charge in [0.15, 0.2) is 0 Å². The molecule has 6 nitrogen and oxygen atoms in total. The molecule has 0 unspecified atom stereocenters. The van der Waals surface area contributed by atoms with Crippen LogP contribution in [0.4, 0.5) is 11.4 Å². The van der Waals surface area contributed by atoms with E-state index in [1.165, 1.54) is 17.0 Å². The van der Waals surface area contributed by atoms with Gasteiger partial charge in [-0.05, 0) is 23.6 Å². The van der Waals surface area contributed by atoms with E-state index in [9.17, 15) is 14.9 Å². The number of nitrogens with zero attached hydrogens (tertiary/aromatic N) is 2. The lowest BCUT2D eigenvalue weighted by Gasteiger charge is -2.16. The van der Waals surface area contributed by atoms with Gasteiger partial charge in [-0.1, -0.05) is 6.07 Å². The fourth-order valence-electron chi connectivity index (χ4n) is 1.94. The zero-order valence-electron chi connectivity index (χ0n) is 11.7. The lowest BCUT2D eigenvalue weighted by atomic mass is 10.1. The Kier molecular flexibility index (Phi) is 4.54. The molecule has 0 aliphatic carbocycles. The van der Waals surface area contributed by atoms with E-state index in [1.54, 1.807) is 31.5 Å². The number of carbonyl (C=O) groups is 1. The number of rotatable bonds is 5. The summed E-state index contributed by atoms with van der Waals surface area (Å²) in [5.41, 5.74) is 0.566. The van der Waals surface area contributed by atoms with Crippen molar-refractivity contribution in [1.29, 1.82) is 0 Å². The van der Waals surface area contributed by atoms with Gasteiger partial charge in [-0.25, -0.2) is 0 Å². The van der Waals surface area contributed by atoms with Gasteiger partial charge in [0, 0.05) is 30.7 Å². The van der Waals surface area contributed by atoms with Gasteiger partial charge in [-0.3, -0.25) is 14.9 Å². The first kappa shape index (κ1) is 15.0. The third-order valence-corrected chi connectivity index (χ3v) is 3.89. The molecular weight excluding hydrogens is 290 g/mol. The number of hydrogen-bond donors (Lipinski definition) is 1. The zero-order valence-corrected chi connectivity index (χ0v) is 12.5. The first-order valence-electron chi connectivity index (χ1n) is 6.27. The lowest BCUT2D eigenvalue weighted by Crippen LogP contribution is -2.26. The van der Waals surface area contributed by atoms with Gasteiger partial charge < -0.3 is 10.2 Å². The standard InChI is InChI=1S/C14H15N3O3S/c1-15-10-5-6-13(17(19)20)12(8-10)14(18)16(2)9-11-4-3-7-21-11/h3-8,15H,9H2,1-2H3. The highest BCUT2D eigenvalue weighted by molar-refractivity contribution is 7.09. The Bertz CT molecular complexity index is 655. The van der Waals surface area contributed by atoms with Gasteiger partial charge in [0.2, 0.25) is 0 Å². The van der Waals surface area contributed by atoms with E-state index in [0.29, 0.717) is 12.2 Å². The molecule has 1 aromatic carbocycles. The van der Waals surface area contributed by atoms with Crippen LogP contribution in [-0.4, -0.2) is 29.8 Å². The molecule has 21 heavy (non-hydrogen) atoms. The Labute approximate surface area is 126 Å². The number of nitrogens with one attached hydrogen (secondary N) is 1. The summed E-state index contributed by atoms with van der Waals surface area (Å²) < 4.78 is 0. The molecule has 1 aromatic heterocycles. The average molecular weight is 305 g/mol. The molecule has 7 heteroatoms. The van der Waals surface area contributed by atoms with Crippen molar-refractivity contribution in [2.45, 2.75) is 6.54 Å². The van der Waals surface area contributed by atoms with Gasteiger partial charge in [-0.2, -0.15) is 0 Å².